The van der Waals surface area contributed by atoms with E-state index in [1.165, 1.54) is 12.3 Å². The van der Waals surface area contributed by atoms with Crippen LogP contribution in [-0.2, 0) is 9.53 Å². The van der Waals surface area contributed by atoms with E-state index in [0.29, 0.717) is 17.9 Å². The van der Waals surface area contributed by atoms with Crippen molar-refractivity contribution in [3.05, 3.63) is 27.9 Å². The normalized spacial score (nSPS) is 21.2. The number of hydrogen-bond donors (Lipinski definition) is 1. The van der Waals surface area contributed by atoms with Crippen molar-refractivity contribution in [1.82, 2.24) is 4.98 Å². The third-order valence-corrected chi connectivity index (χ3v) is 3.66. The highest BCUT2D eigenvalue weighted by Gasteiger charge is 2.38. The van der Waals surface area contributed by atoms with Crippen LogP contribution >= 0.6 is 0 Å². The molecule has 1 aromatic heterocycles. The molecule has 0 radical (unpaired) electrons. The van der Waals surface area contributed by atoms with Crippen LogP contribution in [0, 0.1) is 23.0 Å². The molecule has 0 aromatic carbocycles. The van der Waals surface area contributed by atoms with Crippen LogP contribution in [0.3, 0.4) is 0 Å². The van der Waals surface area contributed by atoms with Gasteiger partial charge in [0.2, 0.25) is 0 Å². The van der Waals surface area contributed by atoms with Gasteiger partial charge in [-0.1, -0.05) is 0 Å². The Labute approximate surface area is 121 Å². The Morgan fingerprint density at radius 1 is 1.62 bits per heavy atom. The monoisotopic (exact) mass is 295 g/mol. The van der Waals surface area contributed by atoms with Gasteiger partial charge < -0.3 is 14.7 Å². The quantitative estimate of drug-likeness (QED) is 0.643. The zero-order valence-electron chi connectivity index (χ0n) is 11.9. The zero-order chi connectivity index (χ0) is 15.6. The number of likely N-dealkylation sites (N-methyl/N-ethyl adjacent to an activating group) is 1. The number of aromatic nitrogens is 1. The summed E-state index contributed by atoms with van der Waals surface area (Å²) in [6, 6.07) is 1.01. The van der Waals surface area contributed by atoms with Crippen LogP contribution < -0.4 is 4.90 Å². The average molecular weight is 295 g/mol. The van der Waals surface area contributed by atoms with Gasteiger partial charge in [0.1, 0.15) is 11.7 Å². The molecule has 0 saturated carbocycles. The van der Waals surface area contributed by atoms with E-state index in [1.54, 1.807) is 11.8 Å². The molecular formula is C13H17N3O5. The van der Waals surface area contributed by atoms with Crippen LogP contribution in [0.15, 0.2) is 12.3 Å². The van der Waals surface area contributed by atoms with Crippen molar-refractivity contribution in [3.63, 3.8) is 0 Å². The van der Waals surface area contributed by atoms with Crippen molar-refractivity contribution in [2.24, 2.45) is 5.92 Å². The lowest BCUT2D eigenvalue weighted by Crippen LogP contribution is -2.43. The SMILES string of the molecule is CCN(c1cc([N+](=O)[O-])c(C)cn1)C1COCC1C(=O)O. The molecule has 2 heterocycles. The highest BCUT2D eigenvalue weighted by molar-refractivity contribution is 5.72. The van der Waals surface area contributed by atoms with Crippen LogP contribution in [0.1, 0.15) is 12.5 Å². The summed E-state index contributed by atoms with van der Waals surface area (Å²) in [7, 11) is 0. The highest BCUT2D eigenvalue weighted by Crippen LogP contribution is 2.28. The molecular weight excluding hydrogens is 278 g/mol. The topological polar surface area (TPSA) is 106 Å². The first-order valence-corrected chi connectivity index (χ1v) is 6.64. The summed E-state index contributed by atoms with van der Waals surface area (Å²) < 4.78 is 5.25. The van der Waals surface area contributed by atoms with Crippen molar-refractivity contribution < 1.29 is 19.6 Å². The largest absolute Gasteiger partial charge is 0.481 e. The van der Waals surface area contributed by atoms with E-state index in [-0.39, 0.29) is 24.9 Å². The summed E-state index contributed by atoms with van der Waals surface area (Å²) in [5.74, 6) is -1.19. The number of aryl methyl sites for hydroxylation is 1. The fourth-order valence-corrected chi connectivity index (χ4v) is 2.51. The number of ether oxygens (including phenoxy) is 1. The second kappa shape index (κ2) is 6.04. The minimum atomic E-state index is -0.933. The smallest absolute Gasteiger partial charge is 0.311 e. The molecule has 0 bridgehead atoms. The van der Waals surface area contributed by atoms with Crippen molar-refractivity contribution in [2.45, 2.75) is 19.9 Å². The molecule has 0 amide bonds. The summed E-state index contributed by atoms with van der Waals surface area (Å²) in [5.41, 5.74) is 0.446. The zero-order valence-corrected chi connectivity index (χ0v) is 11.9. The molecule has 1 aromatic rings. The van der Waals surface area contributed by atoms with Gasteiger partial charge in [-0.3, -0.25) is 14.9 Å². The predicted octanol–water partition coefficient (Wildman–Crippen LogP) is 1.22. The Balaban J connectivity index is 2.35. The van der Waals surface area contributed by atoms with Crippen molar-refractivity contribution >= 4 is 17.5 Å². The van der Waals surface area contributed by atoms with E-state index >= 15 is 0 Å². The lowest BCUT2D eigenvalue weighted by atomic mass is 10.0. The average Bonchev–Trinajstić information content (AvgIpc) is 2.90. The summed E-state index contributed by atoms with van der Waals surface area (Å²) in [6.07, 6.45) is 1.43. The van der Waals surface area contributed by atoms with Gasteiger partial charge in [-0.05, 0) is 13.8 Å². The van der Waals surface area contributed by atoms with E-state index in [2.05, 4.69) is 4.98 Å². The highest BCUT2D eigenvalue weighted by atomic mass is 16.6. The molecule has 1 fully saturated rings. The van der Waals surface area contributed by atoms with Crippen LogP contribution in [0.5, 0.6) is 0 Å². The number of nitrogens with zero attached hydrogens (tertiary/aromatic N) is 3. The summed E-state index contributed by atoms with van der Waals surface area (Å²) in [5, 5.41) is 20.2. The molecule has 114 valence electrons. The standard InChI is InChI=1S/C13H17N3O5/c1-3-15(11-7-21-6-9(11)13(17)18)12-4-10(16(19)20)8(2)5-14-12/h4-5,9,11H,3,6-7H2,1-2H3,(H,17,18). The number of anilines is 1. The molecule has 1 saturated heterocycles. The van der Waals surface area contributed by atoms with Gasteiger partial charge in [0.15, 0.2) is 0 Å². The summed E-state index contributed by atoms with van der Waals surface area (Å²) in [4.78, 5) is 27.8. The molecule has 1 aliphatic rings. The molecule has 21 heavy (non-hydrogen) atoms. The maximum absolute atomic E-state index is 11.3. The van der Waals surface area contributed by atoms with E-state index in [4.69, 9.17) is 4.74 Å². The van der Waals surface area contributed by atoms with Crippen LogP contribution in [0.4, 0.5) is 11.5 Å². The first-order chi connectivity index (χ1) is 9.95. The van der Waals surface area contributed by atoms with Gasteiger partial charge in [-0.15, -0.1) is 0 Å². The molecule has 0 spiro atoms. The predicted molar refractivity (Wildman–Crippen MR) is 74.4 cm³/mol. The number of aliphatic carboxylic acids is 1. The lowest BCUT2D eigenvalue weighted by Gasteiger charge is -2.30. The maximum atomic E-state index is 11.3. The molecule has 1 aliphatic heterocycles. The Hall–Kier alpha value is -2.22. The molecule has 2 unspecified atom stereocenters. The second-order valence-corrected chi connectivity index (χ2v) is 4.92. The minimum Gasteiger partial charge on any atom is -0.481 e. The third-order valence-electron chi connectivity index (χ3n) is 3.66. The van der Waals surface area contributed by atoms with Gasteiger partial charge >= 0.3 is 5.97 Å². The number of carboxylic acids is 1. The first kappa shape index (κ1) is 15.2. The third kappa shape index (κ3) is 2.94. The Kier molecular flexibility index (Phi) is 4.37. The van der Waals surface area contributed by atoms with E-state index in [1.807, 2.05) is 6.92 Å². The number of carbonyl (C=O) groups is 1. The van der Waals surface area contributed by atoms with Crippen molar-refractivity contribution in [1.29, 1.82) is 0 Å². The van der Waals surface area contributed by atoms with Gasteiger partial charge in [0, 0.05) is 18.3 Å². The summed E-state index contributed by atoms with van der Waals surface area (Å²) >= 11 is 0. The Morgan fingerprint density at radius 2 is 2.33 bits per heavy atom. The fraction of sp³-hybridized carbons (Fsp3) is 0.538. The van der Waals surface area contributed by atoms with Crippen LogP contribution in [0.25, 0.3) is 0 Å². The minimum absolute atomic E-state index is 0.0239. The first-order valence-electron chi connectivity index (χ1n) is 6.64. The molecule has 0 aliphatic carbocycles. The Bertz CT molecular complexity index is 563. The summed E-state index contributed by atoms with van der Waals surface area (Å²) in [6.45, 7) is 4.37. The van der Waals surface area contributed by atoms with Gasteiger partial charge in [0.05, 0.1) is 30.2 Å². The molecule has 2 rings (SSSR count). The molecule has 2 atom stereocenters. The van der Waals surface area contributed by atoms with Crippen molar-refractivity contribution in [2.75, 3.05) is 24.7 Å². The number of pyridine rings is 1. The molecule has 8 nitrogen and oxygen atoms in total. The number of hydrogen-bond acceptors (Lipinski definition) is 6. The molecule has 1 N–H and O–H groups in total. The number of nitro groups is 1. The van der Waals surface area contributed by atoms with E-state index in [0.717, 1.165) is 0 Å². The maximum Gasteiger partial charge on any atom is 0.311 e. The van der Waals surface area contributed by atoms with Gasteiger partial charge in [0.25, 0.3) is 5.69 Å². The van der Waals surface area contributed by atoms with Gasteiger partial charge in [-0.2, -0.15) is 0 Å². The van der Waals surface area contributed by atoms with Crippen molar-refractivity contribution in [3.8, 4) is 0 Å². The van der Waals surface area contributed by atoms with E-state index < -0.39 is 16.8 Å². The van der Waals surface area contributed by atoms with E-state index in [9.17, 15) is 20.0 Å². The Morgan fingerprint density at radius 3 is 2.90 bits per heavy atom. The van der Waals surface area contributed by atoms with Crippen LogP contribution in [0.2, 0.25) is 0 Å². The molecule has 8 heteroatoms. The fourth-order valence-electron chi connectivity index (χ4n) is 2.51. The van der Waals surface area contributed by atoms with Gasteiger partial charge in [-0.25, -0.2) is 4.98 Å². The number of rotatable bonds is 5. The van der Waals surface area contributed by atoms with Crippen LogP contribution in [-0.4, -0.2) is 46.8 Å². The lowest BCUT2D eigenvalue weighted by molar-refractivity contribution is -0.385. The second-order valence-electron chi connectivity index (χ2n) is 4.92. The number of carboxylic acid groups (broad SMARTS) is 1.